The number of carbonyl (C=O) groups is 1. The minimum absolute atomic E-state index is 0.169. The van der Waals surface area contributed by atoms with E-state index < -0.39 is 11.5 Å². The average molecular weight is 742 g/mol. The van der Waals surface area contributed by atoms with Gasteiger partial charge in [0.1, 0.15) is 11.3 Å². The first-order valence-electron chi connectivity index (χ1n) is 20.2. The summed E-state index contributed by atoms with van der Waals surface area (Å²) in [7, 11) is 0. The molecule has 1 saturated heterocycles. The molecular formula is C44H56ClN3O5. The van der Waals surface area contributed by atoms with E-state index in [2.05, 4.69) is 48.1 Å². The molecule has 1 aromatic heterocycles. The highest BCUT2D eigenvalue weighted by molar-refractivity contribution is 6.30. The number of pyridine rings is 1. The quantitative estimate of drug-likeness (QED) is 0.213. The summed E-state index contributed by atoms with van der Waals surface area (Å²) in [5, 5.41) is 14.7. The number of halogens is 1. The number of likely N-dealkylation sites (tertiary alicyclic amines) is 1. The van der Waals surface area contributed by atoms with Crippen LogP contribution in [0.3, 0.4) is 0 Å². The highest BCUT2D eigenvalue weighted by Gasteiger charge is 2.54. The molecule has 5 aliphatic rings. The van der Waals surface area contributed by atoms with Crippen molar-refractivity contribution in [2.24, 2.45) is 17.8 Å². The molecule has 0 bridgehead atoms. The van der Waals surface area contributed by atoms with Gasteiger partial charge in [0.15, 0.2) is 11.5 Å². The number of nitrogens with one attached hydrogen (secondary N) is 1. The lowest BCUT2D eigenvalue weighted by Gasteiger charge is -2.47. The Hall–Kier alpha value is -3.49. The molecule has 3 aromatic rings. The molecule has 3 heterocycles. The van der Waals surface area contributed by atoms with Crippen LogP contribution < -0.4 is 19.5 Å². The second-order valence-electron chi connectivity index (χ2n) is 17.1. The summed E-state index contributed by atoms with van der Waals surface area (Å²) in [6.07, 6.45) is 12.3. The van der Waals surface area contributed by atoms with Gasteiger partial charge in [-0.05, 0) is 155 Å². The van der Waals surface area contributed by atoms with Crippen LogP contribution in [0, 0.1) is 17.8 Å². The smallest absolute Gasteiger partial charge is 0.329 e. The Bertz CT molecular complexity index is 1810. The fourth-order valence-electron chi connectivity index (χ4n) is 10.5. The van der Waals surface area contributed by atoms with Gasteiger partial charge in [0, 0.05) is 46.7 Å². The van der Waals surface area contributed by atoms with Crippen LogP contribution in [-0.4, -0.2) is 65.5 Å². The predicted octanol–water partition coefficient (Wildman–Crippen LogP) is 9.07. The summed E-state index contributed by atoms with van der Waals surface area (Å²) in [6, 6.07) is 14.6. The number of carboxylic acid groups (broad SMARTS) is 1. The Labute approximate surface area is 319 Å². The Morgan fingerprint density at radius 3 is 2.60 bits per heavy atom. The molecule has 1 spiro atoms. The first kappa shape index (κ1) is 36.5. The molecule has 2 aliphatic heterocycles. The molecule has 53 heavy (non-hydrogen) atoms. The van der Waals surface area contributed by atoms with Crippen molar-refractivity contribution >= 4 is 23.3 Å². The van der Waals surface area contributed by atoms with E-state index in [1.165, 1.54) is 48.1 Å². The summed E-state index contributed by atoms with van der Waals surface area (Å²) in [6.45, 7) is 11.0. The van der Waals surface area contributed by atoms with Crippen LogP contribution in [0.2, 0.25) is 5.02 Å². The number of carboxylic acids is 1. The summed E-state index contributed by atoms with van der Waals surface area (Å²) < 4.78 is 19.7. The normalized spacial score (nSPS) is 30.0. The van der Waals surface area contributed by atoms with Crippen molar-refractivity contribution in [3.05, 3.63) is 76.1 Å². The van der Waals surface area contributed by atoms with Crippen LogP contribution in [0.5, 0.6) is 17.2 Å². The number of hydrogen-bond donors (Lipinski definition) is 2. The highest BCUT2D eigenvalue weighted by Crippen LogP contribution is 2.58. The van der Waals surface area contributed by atoms with E-state index in [1.54, 1.807) is 0 Å². The standard InChI is InChI=1S/C44H56ClN3O5/c1-28(25-51-38-12-17-46-37-11-4-7-29(2)41(37)38)19-33-20-32-21-39-40(53-27-31(26-52-39)24-48-18-6-8-30(48)3)23-36(32)43(33)13-15-44(16-14-43,42(49)50)47-35-10-5-9-34(45)22-35/h5,9-10,12,17,21-23,28-31,33,47H,4,6-8,11,13-16,18-20,24-27H2,1-3H3,(H,49,50)/t28-,29-,30-,31?,33?,43?,44?/m1/s1. The average Bonchev–Trinajstić information content (AvgIpc) is 3.59. The van der Waals surface area contributed by atoms with Crippen molar-refractivity contribution < 1.29 is 24.1 Å². The van der Waals surface area contributed by atoms with E-state index in [0.717, 1.165) is 68.1 Å². The summed E-state index contributed by atoms with van der Waals surface area (Å²) in [5.41, 5.74) is 4.63. The minimum atomic E-state index is -1.07. The number of rotatable bonds is 10. The number of aromatic nitrogens is 1. The number of hydrogen-bond acceptors (Lipinski definition) is 7. The van der Waals surface area contributed by atoms with Crippen LogP contribution in [0.25, 0.3) is 0 Å². The van der Waals surface area contributed by atoms with Gasteiger partial charge in [0.05, 0.1) is 19.8 Å². The second kappa shape index (κ2) is 15.0. The molecular weight excluding hydrogens is 686 g/mol. The first-order valence-corrected chi connectivity index (χ1v) is 20.5. The zero-order valence-corrected chi connectivity index (χ0v) is 32.4. The van der Waals surface area contributed by atoms with Gasteiger partial charge < -0.3 is 29.5 Å². The molecule has 2 aromatic carbocycles. The summed E-state index contributed by atoms with van der Waals surface area (Å²) >= 11 is 6.32. The van der Waals surface area contributed by atoms with Gasteiger partial charge in [-0.25, -0.2) is 4.79 Å². The number of aliphatic carboxylic acids is 1. The van der Waals surface area contributed by atoms with Gasteiger partial charge in [-0.1, -0.05) is 31.5 Å². The molecule has 9 heteroatoms. The number of ether oxygens (including phenoxy) is 3. The topological polar surface area (TPSA) is 93.2 Å². The zero-order chi connectivity index (χ0) is 36.7. The summed E-state index contributed by atoms with van der Waals surface area (Å²) in [4.78, 5) is 20.3. The Kier molecular flexibility index (Phi) is 10.3. The summed E-state index contributed by atoms with van der Waals surface area (Å²) in [5.74, 6) is 3.29. The molecule has 0 radical (unpaired) electrons. The number of aryl methyl sites for hydroxylation is 1. The molecule has 3 aliphatic carbocycles. The lowest BCUT2D eigenvalue weighted by molar-refractivity contribution is -0.144. The van der Waals surface area contributed by atoms with Crippen molar-refractivity contribution in [1.29, 1.82) is 0 Å². The molecule has 8 nitrogen and oxygen atoms in total. The second-order valence-corrected chi connectivity index (χ2v) is 17.6. The number of nitrogens with zero attached hydrogens (tertiary/aromatic N) is 2. The van der Waals surface area contributed by atoms with Crippen molar-refractivity contribution in [2.45, 2.75) is 114 Å². The SMILES string of the molecule is C[C@@H](COc1ccnc2c1[C@H](C)CCC2)CC1Cc2cc3c(cc2C12CCC(Nc1cccc(Cl)c1)(C(=O)O)CC2)OCC(CN1CCC[C@H]1C)CO3. The molecule has 0 amide bonds. The van der Waals surface area contributed by atoms with Gasteiger partial charge in [0.25, 0.3) is 0 Å². The Morgan fingerprint density at radius 2 is 1.87 bits per heavy atom. The third-order valence-corrected chi connectivity index (χ3v) is 13.7. The zero-order valence-electron chi connectivity index (χ0n) is 31.7. The third kappa shape index (κ3) is 7.23. The lowest BCUT2D eigenvalue weighted by Crippen LogP contribution is -2.53. The van der Waals surface area contributed by atoms with Crippen molar-refractivity contribution in [3.63, 3.8) is 0 Å². The largest absolute Gasteiger partial charge is 0.493 e. The van der Waals surface area contributed by atoms with Crippen LogP contribution in [0.1, 0.15) is 107 Å². The maximum absolute atomic E-state index is 13.1. The minimum Gasteiger partial charge on any atom is -0.493 e. The van der Waals surface area contributed by atoms with Crippen LogP contribution in [0.4, 0.5) is 5.69 Å². The van der Waals surface area contributed by atoms with Gasteiger partial charge in [-0.3, -0.25) is 4.98 Å². The molecule has 2 N–H and O–H groups in total. The number of fused-ring (bicyclic) bond motifs is 4. The van der Waals surface area contributed by atoms with Crippen LogP contribution >= 0.6 is 11.6 Å². The van der Waals surface area contributed by atoms with E-state index in [9.17, 15) is 9.90 Å². The Balaban J connectivity index is 1.04. The van der Waals surface area contributed by atoms with Gasteiger partial charge >= 0.3 is 5.97 Å². The van der Waals surface area contributed by atoms with Gasteiger partial charge in [0.2, 0.25) is 0 Å². The fraction of sp³-hybridized carbons (Fsp3) is 0.591. The van der Waals surface area contributed by atoms with Crippen molar-refractivity contribution in [2.75, 3.05) is 38.2 Å². The van der Waals surface area contributed by atoms with E-state index in [-0.39, 0.29) is 5.41 Å². The number of anilines is 1. The molecule has 284 valence electrons. The molecule has 2 unspecified atom stereocenters. The molecule has 8 rings (SSSR count). The predicted molar refractivity (Wildman–Crippen MR) is 209 cm³/mol. The van der Waals surface area contributed by atoms with Crippen molar-refractivity contribution in [1.82, 2.24) is 9.88 Å². The molecule has 5 atom stereocenters. The monoisotopic (exact) mass is 741 g/mol. The van der Waals surface area contributed by atoms with Gasteiger partial charge in [-0.15, -0.1) is 0 Å². The highest BCUT2D eigenvalue weighted by atomic mass is 35.5. The van der Waals surface area contributed by atoms with E-state index in [0.29, 0.717) is 67.4 Å². The molecule has 2 fully saturated rings. The Morgan fingerprint density at radius 1 is 1.08 bits per heavy atom. The first-order chi connectivity index (χ1) is 25.6. The van der Waals surface area contributed by atoms with E-state index >= 15 is 0 Å². The van der Waals surface area contributed by atoms with E-state index in [4.69, 9.17) is 25.8 Å². The lowest BCUT2D eigenvalue weighted by atomic mass is 9.59. The fourth-order valence-corrected chi connectivity index (χ4v) is 10.7. The maximum Gasteiger partial charge on any atom is 0.329 e. The maximum atomic E-state index is 13.1. The number of benzene rings is 2. The van der Waals surface area contributed by atoms with Crippen molar-refractivity contribution in [3.8, 4) is 17.2 Å². The van der Waals surface area contributed by atoms with Gasteiger partial charge in [-0.2, -0.15) is 0 Å². The molecule has 1 saturated carbocycles. The third-order valence-electron chi connectivity index (χ3n) is 13.5. The van der Waals surface area contributed by atoms with Crippen LogP contribution in [0.15, 0.2) is 48.7 Å². The van der Waals surface area contributed by atoms with Crippen LogP contribution in [-0.2, 0) is 23.1 Å². The van der Waals surface area contributed by atoms with E-state index in [1.807, 2.05) is 36.5 Å².